The highest BCUT2D eigenvalue weighted by Crippen LogP contribution is 2.29. The summed E-state index contributed by atoms with van der Waals surface area (Å²) in [5.74, 6) is 1.16. The van der Waals surface area contributed by atoms with Gasteiger partial charge in [0.25, 0.3) is 0 Å². The van der Waals surface area contributed by atoms with Crippen LogP contribution in [0.1, 0.15) is 38.3 Å². The van der Waals surface area contributed by atoms with E-state index in [1.807, 2.05) is 0 Å². The zero-order valence-corrected chi connectivity index (χ0v) is 11.4. The van der Waals surface area contributed by atoms with Gasteiger partial charge in [0.15, 0.2) is 0 Å². The summed E-state index contributed by atoms with van der Waals surface area (Å²) >= 11 is 0. The minimum Gasteiger partial charge on any atom is -0.338 e. The molecule has 19 heavy (non-hydrogen) atoms. The second-order valence-electron chi connectivity index (χ2n) is 4.99. The Morgan fingerprint density at radius 2 is 2.26 bits per heavy atom. The van der Waals surface area contributed by atoms with Crippen molar-refractivity contribution >= 4 is 5.95 Å². The monoisotopic (exact) mass is 259 g/mol. The standard InChI is InChI=1S/C14H21N5/c1-2-19(13-6-4-3-5-11(13)9-15)14-17-8-7-12(10-16)18-14/h7-8,11,13H,2-6,9,15H2,1H3. The Hall–Kier alpha value is -1.67. The molecule has 1 aromatic heterocycles. The lowest BCUT2D eigenvalue weighted by Crippen LogP contribution is -2.46. The van der Waals surface area contributed by atoms with E-state index < -0.39 is 0 Å². The van der Waals surface area contributed by atoms with Crippen molar-refractivity contribution < 1.29 is 0 Å². The largest absolute Gasteiger partial charge is 0.338 e. The number of nitriles is 1. The van der Waals surface area contributed by atoms with Gasteiger partial charge in [0.05, 0.1) is 0 Å². The number of nitrogens with zero attached hydrogens (tertiary/aromatic N) is 4. The smallest absolute Gasteiger partial charge is 0.226 e. The average Bonchev–Trinajstić information content (AvgIpc) is 2.49. The van der Waals surface area contributed by atoms with Crippen LogP contribution in [0.15, 0.2) is 12.3 Å². The van der Waals surface area contributed by atoms with Crippen LogP contribution in [0, 0.1) is 17.2 Å². The summed E-state index contributed by atoms with van der Waals surface area (Å²) in [6.45, 7) is 3.65. The Kier molecular flexibility index (Phi) is 4.69. The Morgan fingerprint density at radius 3 is 2.95 bits per heavy atom. The van der Waals surface area contributed by atoms with E-state index in [4.69, 9.17) is 11.0 Å². The maximum atomic E-state index is 8.95. The first-order chi connectivity index (χ1) is 9.30. The topological polar surface area (TPSA) is 78.8 Å². The van der Waals surface area contributed by atoms with Gasteiger partial charge in [-0.1, -0.05) is 12.8 Å². The van der Waals surface area contributed by atoms with Gasteiger partial charge in [-0.2, -0.15) is 5.26 Å². The molecule has 1 heterocycles. The van der Waals surface area contributed by atoms with Gasteiger partial charge in [-0.15, -0.1) is 0 Å². The Morgan fingerprint density at radius 1 is 1.47 bits per heavy atom. The van der Waals surface area contributed by atoms with Crippen molar-refractivity contribution in [2.75, 3.05) is 18.0 Å². The van der Waals surface area contributed by atoms with Crippen LogP contribution >= 0.6 is 0 Å². The molecule has 0 spiro atoms. The summed E-state index contributed by atoms with van der Waals surface area (Å²) in [4.78, 5) is 10.9. The summed E-state index contributed by atoms with van der Waals surface area (Å²) in [5, 5.41) is 8.95. The molecule has 1 fully saturated rings. The summed E-state index contributed by atoms with van der Waals surface area (Å²) in [6, 6.07) is 4.11. The number of aromatic nitrogens is 2. The fourth-order valence-electron chi connectivity index (χ4n) is 2.95. The Labute approximate surface area is 114 Å². The van der Waals surface area contributed by atoms with Crippen LogP contribution < -0.4 is 10.6 Å². The van der Waals surface area contributed by atoms with Crippen LogP contribution in [0.3, 0.4) is 0 Å². The number of rotatable bonds is 4. The van der Waals surface area contributed by atoms with E-state index in [0.717, 1.165) is 13.0 Å². The Balaban J connectivity index is 2.25. The molecule has 0 radical (unpaired) electrons. The van der Waals surface area contributed by atoms with Crippen molar-refractivity contribution in [2.45, 2.75) is 38.6 Å². The molecule has 0 aliphatic heterocycles. The minimum absolute atomic E-state index is 0.401. The summed E-state index contributed by atoms with van der Waals surface area (Å²) in [5.41, 5.74) is 6.32. The van der Waals surface area contributed by atoms with E-state index in [0.29, 0.717) is 30.1 Å². The number of hydrogen-bond donors (Lipinski definition) is 1. The predicted octanol–water partition coefficient (Wildman–Crippen LogP) is 1.69. The van der Waals surface area contributed by atoms with Crippen LogP contribution in [0.25, 0.3) is 0 Å². The molecule has 0 bridgehead atoms. The molecular weight excluding hydrogens is 238 g/mol. The van der Waals surface area contributed by atoms with Crippen molar-refractivity contribution in [3.63, 3.8) is 0 Å². The fourth-order valence-corrected chi connectivity index (χ4v) is 2.95. The van der Waals surface area contributed by atoms with Gasteiger partial charge in [-0.3, -0.25) is 0 Å². The van der Waals surface area contributed by atoms with E-state index in [2.05, 4.69) is 27.9 Å². The van der Waals surface area contributed by atoms with Gasteiger partial charge in [0, 0.05) is 18.8 Å². The molecule has 2 atom stereocenters. The van der Waals surface area contributed by atoms with Crippen LogP contribution in [-0.4, -0.2) is 29.1 Å². The first-order valence-corrected chi connectivity index (χ1v) is 7.00. The van der Waals surface area contributed by atoms with Crippen molar-refractivity contribution in [1.82, 2.24) is 9.97 Å². The molecule has 2 unspecified atom stereocenters. The highest BCUT2D eigenvalue weighted by molar-refractivity contribution is 5.35. The van der Waals surface area contributed by atoms with Gasteiger partial charge in [0.1, 0.15) is 11.8 Å². The van der Waals surface area contributed by atoms with Gasteiger partial charge >= 0.3 is 0 Å². The molecule has 5 heteroatoms. The molecule has 2 rings (SSSR count). The first-order valence-electron chi connectivity index (χ1n) is 7.00. The number of hydrogen-bond acceptors (Lipinski definition) is 5. The molecule has 0 aromatic carbocycles. The van der Waals surface area contributed by atoms with Crippen LogP contribution in [0.2, 0.25) is 0 Å². The first kappa shape index (κ1) is 13.8. The fraction of sp³-hybridized carbons (Fsp3) is 0.643. The lowest BCUT2D eigenvalue weighted by molar-refractivity contribution is 0.298. The van der Waals surface area contributed by atoms with E-state index in [9.17, 15) is 0 Å². The van der Waals surface area contributed by atoms with Gasteiger partial charge in [0.2, 0.25) is 5.95 Å². The van der Waals surface area contributed by atoms with E-state index in [-0.39, 0.29) is 0 Å². The molecule has 102 valence electrons. The molecular formula is C14H21N5. The Bertz CT molecular complexity index is 453. The van der Waals surface area contributed by atoms with Crippen LogP contribution in [-0.2, 0) is 0 Å². The molecule has 1 aromatic rings. The maximum absolute atomic E-state index is 8.95. The third kappa shape index (κ3) is 3.02. The quantitative estimate of drug-likeness (QED) is 0.890. The maximum Gasteiger partial charge on any atom is 0.226 e. The van der Waals surface area contributed by atoms with Crippen molar-refractivity contribution in [3.05, 3.63) is 18.0 Å². The summed E-state index contributed by atoms with van der Waals surface area (Å²) in [7, 11) is 0. The van der Waals surface area contributed by atoms with Gasteiger partial charge in [-0.25, -0.2) is 9.97 Å². The number of anilines is 1. The molecule has 1 saturated carbocycles. The molecule has 1 aliphatic carbocycles. The van der Waals surface area contributed by atoms with Crippen molar-refractivity contribution in [3.8, 4) is 6.07 Å². The van der Waals surface area contributed by atoms with Crippen LogP contribution in [0.5, 0.6) is 0 Å². The molecule has 0 amide bonds. The lowest BCUT2D eigenvalue weighted by atomic mass is 9.83. The molecule has 2 N–H and O–H groups in total. The summed E-state index contributed by atoms with van der Waals surface area (Å²) in [6.07, 6.45) is 6.46. The van der Waals surface area contributed by atoms with Gasteiger partial charge < -0.3 is 10.6 Å². The SMILES string of the molecule is CCN(c1nccc(C#N)n1)C1CCCCC1CN. The molecule has 5 nitrogen and oxygen atoms in total. The van der Waals surface area contributed by atoms with Crippen molar-refractivity contribution in [2.24, 2.45) is 11.7 Å². The van der Waals surface area contributed by atoms with E-state index in [1.54, 1.807) is 12.3 Å². The zero-order chi connectivity index (χ0) is 13.7. The highest BCUT2D eigenvalue weighted by atomic mass is 15.3. The molecule has 1 aliphatic rings. The second kappa shape index (κ2) is 6.48. The zero-order valence-electron chi connectivity index (χ0n) is 11.4. The third-order valence-electron chi connectivity index (χ3n) is 3.93. The van der Waals surface area contributed by atoms with E-state index >= 15 is 0 Å². The highest BCUT2D eigenvalue weighted by Gasteiger charge is 2.29. The normalized spacial score (nSPS) is 22.8. The summed E-state index contributed by atoms with van der Waals surface area (Å²) < 4.78 is 0. The molecule has 0 saturated heterocycles. The van der Waals surface area contributed by atoms with Gasteiger partial charge in [-0.05, 0) is 38.3 Å². The minimum atomic E-state index is 0.401. The predicted molar refractivity (Wildman–Crippen MR) is 74.6 cm³/mol. The van der Waals surface area contributed by atoms with Crippen molar-refractivity contribution in [1.29, 1.82) is 5.26 Å². The number of nitrogens with two attached hydrogens (primary N) is 1. The average molecular weight is 259 g/mol. The third-order valence-corrected chi connectivity index (χ3v) is 3.93. The lowest BCUT2D eigenvalue weighted by Gasteiger charge is -2.39. The van der Waals surface area contributed by atoms with E-state index in [1.165, 1.54) is 19.3 Å². The van der Waals surface area contributed by atoms with Crippen LogP contribution in [0.4, 0.5) is 5.95 Å². The second-order valence-corrected chi connectivity index (χ2v) is 4.99.